The van der Waals surface area contributed by atoms with Crippen LogP contribution in [0.1, 0.15) is 21.5 Å². The van der Waals surface area contributed by atoms with E-state index in [2.05, 4.69) is 0 Å². The lowest BCUT2D eigenvalue weighted by Crippen LogP contribution is -2.14. The smallest absolute Gasteiger partial charge is 0.239 e. The molecule has 5 nitrogen and oxygen atoms in total. The number of benzene rings is 2. The van der Waals surface area contributed by atoms with Gasteiger partial charge in [0.05, 0.1) is 16.7 Å². The Morgan fingerprint density at radius 3 is 2.19 bits per heavy atom. The highest BCUT2D eigenvalue weighted by molar-refractivity contribution is 7.89. The summed E-state index contributed by atoms with van der Waals surface area (Å²) in [5, 5.41) is 13.7. The summed E-state index contributed by atoms with van der Waals surface area (Å²) in [4.78, 5) is 12.0. The number of primary sulfonamides is 1. The van der Waals surface area contributed by atoms with Gasteiger partial charge in [-0.1, -0.05) is 11.6 Å². The summed E-state index contributed by atoms with van der Waals surface area (Å²) in [6, 6.07) is 11.8. The number of hydrogen-bond acceptors (Lipinski definition) is 4. The van der Waals surface area contributed by atoms with Crippen molar-refractivity contribution in [3.05, 3.63) is 64.2 Å². The summed E-state index contributed by atoms with van der Waals surface area (Å²) in [6.07, 6.45) is 0. The van der Waals surface area contributed by atoms with E-state index in [1.54, 1.807) is 0 Å². The maximum Gasteiger partial charge on any atom is 0.239 e. The van der Waals surface area contributed by atoms with E-state index in [9.17, 15) is 13.2 Å². The monoisotopic (exact) mass is 320 g/mol. The predicted molar refractivity (Wildman–Crippen MR) is 77.4 cm³/mol. The standard InChI is InChI=1S/C14H9ClN2O3S/c15-12-6-5-11(7-13(12)21(17,19)20)14(18)10-3-1-9(8-16)2-4-10/h1-7H,(H2,17,19,20). The molecule has 2 rings (SSSR count). The van der Waals surface area contributed by atoms with Crippen molar-refractivity contribution in [2.45, 2.75) is 4.90 Å². The molecule has 0 radical (unpaired) electrons. The van der Waals surface area contributed by atoms with Crippen molar-refractivity contribution in [1.82, 2.24) is 0 Å². The van der Waals surface area contributed by atoms with Crippen molar-refractivity contribution < 1.29 is 13.2 Å². The van der Waals surface area contributed by atoms with Gasteiger partial charge in [0.15, 0.2) is 5.78 Å². The van der Waals surface area contributed by atoms with Gasteiger partial charge in [-0.05, 0) is 42.5 Å². The zero-order valence-corrected chi connectivity index (χ0v) is 12.1. The third-order valence-electron chi connectivity index (χ3n) is 2.78. The first-order valence-electron chi connectivity index (χ1n) is 5.70. The number of halogens is 1. The third kappa shape index (κ3) is 3.28. The van der Waals surface area contributed by atoms with Crippen molar-refractivity contribution in [1.29, 1.82) is 5.26 Å². The Kier molecular flexibility index (Phi) is 4.09. The Hall–Kier alpha value is -2.20. The van der Waals surface area contributed by atoms with E-state index < -0.39 is 10.0 Å². The quantitative estimate of drug-likeness (QED) is 0.875. The zero-order valence-electron chi connectivity index (χ0n) is 10.6. The van der Waals surface area contributed by atoms with Gasteiger partial charge < -0.3 is 0 Å². The molecule has 0 heterocycles. The van der Waals surface area contributed by atoms with Crippen molar-refractivity contribution in [3.8, 4) is 6.07 Å². The van der Waals surface area contributed by atoms with Gasteiger partial charge in [0.1, 0.15) is 4.90 Å². The zero-order chi connectivity index (χ0) is 15.6. The summed E-state index contributed by atoms with van der Waals surface area (Å²) < 4.78 is 22.8. The molecule has 106 valence electrons. The molecule has 2 N–H and O–H groups in total. The molecule has 0 fully saturated rings. The van der Waals surface area contributed by atoms with Gasteiger partial charge in [-0.15, -0.1) is 0 Å². The van der Waals surface area contributed by atoms with Crippen LogP contribution in [-0.2, 0) is 10.0 Å². The minimum Gasteiger partial charge on any atom is -0.289 e. The van der Waals surface area contributed by atoms with Gasteiger partial charge in [-0.3, -0.25) is 4.79 Å². The van der Waals surface area contributed by atoms with Crippen LogP contribution in [0.15, 0.2) is 47.4 Å². The van der Waals surface area contributed by atoms with Crippen LogP contribution in [0.25, 0.3) is 0 Å². The van der Waals surface area contributed by atoms with E-state index in [4.69, 9.17) is 22.0 Å². The number of nitriles is 1. The molecule has 0 spiro atoms. The maximum absolute atomic E-state index is 12.3. The number of nitrogens with two attached hydrogens (primary N) is 1. The largest absolute Gasteiger partial charge is 0.289 e. The molecule has 7 heteroatoms. The molecule has 21 heavy (non-hydrogen) atoms. The number of sulfonamides is 1. The fraction of sp³-hybridized carbons (Fsp3) is 0. The average molecular weight is 321 g/mol. The van der Waals surface area contributed by atoms with Crippen LogP contribution in [0.5, 0.6) is 0 Å². The summed E-state index contributed by atoms with van der Waals surface area (Å²) in [5.41, 5.74) is 0.901. The molecule has 0 bridgehead atoms. The first kappa shape index (κ1) is 15.2. The summed E-state index contributed by atoms with van der Waals surface area (Å²) in [6.45, 7) is 0. The Labute approximate surface area is 126 Å². The van der Waals surface area contributed by atoms with Gasteiger partial charge in [0.2, 0.25) is 10.0 Å². The highest BCUT2D eigenvalue weighted by Crippen LogP contribution is 2.23. The first-order chi connectivity index (χ1) is 9.82. The predicted octanol–water partition coefficient (Wildman–Crippen LogP) is 2.09. The lowest BCUT2D eigenvalue weighted by molar-refractivity contribution is 0.103. The van der Waals surface area contributed by atoms with E-state index in [0.717, 1.165) is 6.07 Å². The molecule has 0 saturated heterocycles. The van der Waals surface area contributed by atoms with E-state index in [1.807, 2.05) is 6.07 Å². The number of rotatable bonds is 3. The van der Waals surface area contributed by atoms with E-state index in [0.29, 0.717) is 11.1 Å². The third-order valence-corrected chi connectivity index (χ3v) is 4.17. The van der Waals surface area contributed by atoms with Crippen LogP contribution in [0.2, 0.25) is 5.02 Å². The van der Waals surface area contributed by atoms with Crippen molar-refractivity contribution >= 4 is 27.4 Å². The van der Waals surface area contributed by atoms with E-state index >= 15 is 0 Å². The maximum atomic E-state index is 12.3. The van der Waals surface area contributed by atoms with Gasteiger partial charge >= 0.3 is 0 Å². The Morgan fingerprint density at radius 1 is 1.10 bits per heavy atom. The minimum absolute atomic E-state index is 0.0473. The van der Waals surface area contributed by atoms with Gasteiger partial charge in [-0.25, -0.2) is 13.6 Å². The van der Waals surface area contributed by atoms with Crippen molar-refractivity contribution in [2.75, 3.05) is 0 Å². The summed E-state index contributed by atoms with van der Waals surface area (Å²) in [5.74, 6) is -0.388. The molecule has 2 aromatic carbocycles. The molecule has 0 unspecified atom stereocenters. The molecular formula is C14H9ClN2O3S. The summed E-state index contributed by atoms with van der Waals surface area (Å²) in [7, 11) is -4.01. The van der Waals surface area contributed by atoms with E-state index in [1.165, 1.54) is 36.4 Å². The molecule has 0 aliphatic rings. The second-order valence-corrected chi connectivity index (χ2v) is 6.15. The molecule has 0 atom stereocenters. The lowest BCUT2D eigenvalue weighted by atomic mass is 10.0. The first-order valence-corrected chi connectivity index (χ1v) is 7.62. The number of ketones is 1. The van der Waals surface area contributed by atoms with Crippen LogP contribution in [0, 0.1) is 11.3 Å². The highest BCUT2D eigenvalue weighted by atomic mass is 35.5. The fourth-order valence-corrected chi connectivity index (χ4v) is 2.80. The van der Waals surface area contributed by atoms with Crippen LogP contribution in [0.4, 0.5) is 0 Å². The number of nitrogens with zero attached hydrogens (tertiary/aromatic N) is 1. The molecule has 0 aliphatic carbocycles. The molecule has 2 aromatic rings. The van der Waals surface area contributed by atoms with Crippen LogP contribution < -0.4 is 5.14 Å². The van der Waals surface area contributed by atoms with Crippen LogP contribution in [-0.4, -0.2) is 14.2 Å². The van der Waals surface area contributed by atoms with Crippen LogP contribution >= 0.6 is 11.6 Å². The molecular weight excluding hydrogens is 312 g/mol. The number of carbonyl (C=O) groups excluding carboxylic acids is 1. The van der Waals surface area contributed by atoms with Gasteiger partial charge in [-0.2, -0.15) is 5.26 Å². The van der Waals surface area contributed by atoms with Crippen molar-refractivity contribution in [2.24, 2.45) is 5.14 Å². The number of carbonyl (C=O) groups is 1. The molecule has 0 amide bonds. The van der Waals surface area contributed by atoms with E-state index in [-0.39, 0.29) is 21.3 Å². The average Bonchev–Trinajstić information content (AvgIpc) is 2.46. The fourth-order valence-electron chi connectivity index (χ4n) is 1.73. The molecule has 0 aromatic heterocycles. The minimum atomic E-state index is -4.01. The Morgan fingerprint density at radius 2 is 1.67 bits per heavy atom. The number of hydrogen-bond donors (Lipinski definition) is 1. The van der Waals surface area contributed by atoms with Crippen molar-refractivity contribution in [3.63, 3.8) is 0 Å². The van der Waals surface area contributed by atoms with Gasteiger partial charge in [0.25, 0.3) is 0 Å². The topological polar surface area (TPSA) is 101 Å². The molecule has 0 aliphatic heterocycles. The molecule has 0 saturated carbocycles. The second-order valence-electron chi connectivity index (χ2n) is 4.21. The highest BCUT2D eigenvalue weighted by Gasteiger charge is 2.17. The lowest BCUT2D eigenvalue weighted by Gasteiger charge is -2.05. The van der Waals surface area contributed by atoms with Crippen LogP contribution in [0.3, 0.4) is 0 Å². The summed E-state index contributed by atoms with van der Waals surface area (Å²) >= 11 is 5.76. The Bertz CT molecular complexity index is 853. The van der Waals surface area contributed by atoms with Gasteiger partial charge in [0, 0.05) is 11.1 Å². The SMILES string of the molecule is N#Cc1ccc(C(=O)c2ccc(Cl)c(S(N)(=O)=O)c2)cc1. The normalized spacial score (nSPS) is 10.9. The second kappa shape index (κ2) is 5.66. The Balaban J connectivity index is 2.47.